The summed E-state index contributed by atoms with van der Waals surface area (Å²) < 4.78 is 1.11. The highest BCUT2D eigenvalue weighted by molar-refractivity contribution is 14.1. The smallest absolute Gasteiger partial charge is 0.267 e. The highest BCUT2D eigenvalue weighted by Gasteiger charge is 2.18. The molecule has 1 fully saturated rings. The van der Waals surface area contributed by atoms with Crippen LogP contribution in [-0.4, -0.2) is 37.0 Å². The quantitative estimate of drug-likeness (QED) is 0.418. The van der Waals surface area contributed by atoms with Gasteiger partial charge in [-0.2, -0.15) is 5.26 Å². The SMILES string of the molecule is Cc1cc(I)ccc1NC(=O)/C(C#N)=C\N1CCN(c2ccccc2)CC1. The lowest BCUT2D eigenvalue weighted by atomic mass is 10.2. The van der Waals surface area contributed by atoms with Crippen LogP contribution < -0.4 is 10.2 Å². The van der Waals surface area contributed by atoms with Crippen molar-refractivity contribution in [3.05, 3.63) is 69.4 Å². The summed E-state index contributed by atoms with van der Waals surface area (Å²) in [4.78, 5) is 16.9. The Morgan fingerprint density at radius 1 is 1.15 bits per heavy atom. The minimum atomic E-state index is -0.368. The van der Waals surface area contributed by atoms with Crippen LogP contribution in [0.2, 0.25) is 0 Å². The van der Waals surface area contributed by atoms with E-state index in [-0.39, 0.29) is 11.5 Å². The van der Waals surface area contributed by atoms with Gasteiger partial charge < -0.3 is 15.1 Å². The van der Waals surface area contributed by atoms with E-state index in [0.717, 1.165) is 41.0 Å². The van der Waals surface area contributed by atoms with Crippen LogP contribution >= 0.6 is 22.6 Å². The fraction of sp³-hybridized carbons (Fsp3) is 0.238. The van der Waals surface area contributed by atoms with Crippen LogP contribution in [0.4, 0.5) is 11.4 Å². The zero-order chi connectivity index (χ0) is 19.2. The second-order valence-electron chi connectivity index (χ2n) is 6.43. The van der Waals surface area contributed by atoms with E-state index in [4.69, 9.17) is 0 Å². The lowest BCUT2D eigenvalue weighted by Crippen LogP contribution is -2.44. The van der Waals surface area contributed by atoms with E-state index in [0.29, 0.717) is 0 Å². The summed E-state index contributed by atoms with van der Waals surface area (Å²) in [6.07, 6.45) is 1.68. The number of nitriles is 1. The molecule has 27 heavy (non-hydrogen) atoms. The summed E-state index contributed by atoms with van der Waals surface area (Å²) in [5, 5.41) is 12.3. The van der Waals surface area contributed by atoms with Gasteiger partial charge in [-0.15, -0.1) is 0 Å². The summed E-state index contributed by atoms with van der Waals surface area (Å²) in [5.41, 5.74) is 3.04. The van der Waals surface area contributed by atoms with Crippen molar-refractivity contribution in [3.8, 4) is 6.07 Å². The number of carbonyl (C=O) groups is 1. The maximum atomic E-state index is 12.5. The first kappa shape index (κ1) is 19.2. The first-order valence-electron chi connectivity index (χ1n) is 8.80. The first-order chi connectivity index (χ1) is 13.1. The largest absolute Gasteiger partial charge is 0.373 e. The lowest BCUT2D eigenvalue weighted by molar-refractivity contribution is -0.112. The molecule has 0 aliphatic carbocycles. The fourth-order valence-corrected chi connectivity index (χ4v) is 3.67. The molecule has 5 nitrogen and oxygen atoms in total. The number of hydrogen-bond acceptors (Lipinski definition) is 4. The number of hydrogen-bond donors (Lipinski definition) is 1. The standard InChI is InChI=1S/C21H21IN4O/c1-16-13-18(22)7-8-20(16)24-21(27)17(14-23)15-25-9-11-26(12-10-25)19-5-3-2-4-6-19/h2-8,13,15H,9-12H2,1H3,(H,24,27)/b17-15-. The molecule has 0 atom stereocenters. The number of nitrogens with zero attached hydrogens (tertiary/aromatic N) is 3. The molecule has 0 unspecified atom stereocenters. The molecule has 1 N–H and O–H groups in total. The van der Waals surface area contributed by atoms with Crippen LogP contribution in [0.1, 0.15) is 5.56 Å². The highest BCUT2D eigenvalue weighted by atomic mass is 127. The fourth-order valence-electron chi connectivity index (χ4n) is 3.03. The Labute approximate surface area is 173 Å². The van der Waals surface area contributed by atoms with Gasteiger partial charge in [0.2, 0.25) is 0 Å². The van der Waals surface area contributed by atoms with Crippen molar-refractivity contribution < 1.29 is 4.79 Å². The van der Waals surface area contributed by atoms with Gasteiger partial charge in [0.15, 0.2) is 0 Å². The van der Waals surface area contributed by atoms with Crippen LogP contribution in [0.5, 0.6) is 0 Å². The molecule has 0 bridgehead atoms. The predicted molar refractivity (Wildman–Crippen MR) is 116 cm³/mol. The van der Waals surface area contributed by atoms with Crippen molar-refractivity contribution >= 4 is 39.9 Å². The van der Waals surface area contributed by atoms with Crippen LogP contribution in [0.15, 0.2) is 60.3 Å². The van der Waals surface area contributed by atoms with E-state index in [1.165, 1.54) is 5.69 Å². The average Bonchev–Trinajstić information content (AvgIpc) is 2.69. The molecule has 138 valence electrons. The predicted octanol–water partition coefficient (Wildman–Crippen LogP) is 3.77. The summed E-state index contributed by atoms with van der Waals surface area (Å²) in [5.74, 6) is -0.368. The van der Waals surface area contributed by atoms with E-state index >= 15 is 0 Å². The Balaban J connectivity index is 1.63. The van der Waals surface area contributed by atoms with E-state index < -0.39 is 0 Å². The molecule has 1 aliphatic heterocycles. The molecule has 3 rings (SSSR count). The van der Waals surface area contributed by atoms with Crippen molar-refractivity contribution in [1.82, 2.24) is 4.90 Å². The van der Waals surface area contributed by atoms with Crippen LogP contribution in [0, 0.1) is 21.8 Å². The zero-order valence-corrected chi connectivity index (χ0v) is 17.3. The second-order valence-corrected chi connectivity index (χ2v) is 7.67. The monoisotopic (exact) mass is 472 g/mol. The molecule has 1 saturated heterocycles. The number of rotatable bonds is 4. The van der Waals surface area contributed by atoms with Gasteiger partial charge in [0.25, 0.3) is 5.91 Å². The average molecular weight is 472 g/mol. The molecule has 6 heteroatoms. The number of carbonyl (C=O) groups excluding carboxylic acids is 1. The Morgan fingerprint density at radius 2 is 1.85 bits per heavy atom. The zero-order valence-electron chi connectivity index (χ0n) is 15.2. The van der Waals surface area contributed by atoms with E-state index in [1.54, 1.807) is 6.20 Å². The molecular formula is C21H21IN4O. The molecule has 0 saturated carbocycles. The van der Waals surface area contributed by atoms with E-state index in [9.17, 15) is 10.1 Å². The molecule has 2 aromatic rings. The number of benzene rings is 2. The third-order valence-corrected chi connectivity index (χ3v) is 5.22. The van der Waals surface area contributed by atoms with Gasteiger partial charge in [-0.1, -0.05) is 18.2 Å². The van der Waals surface area contributed by atoms with E-state index in [2.05, 4.69) is 44.9 Å². The topological polar surface area (TPSA) is 59.4 Å². The lowest BCUT2D eigenvalue weighted by Gasteiger charge is -2.35. The van der Waals surface area contributed by atoms with Gasteiger partial charge in [0.1, 0.15) is 11.6 Å². The number of para-hydroxylation sites is 1. The normalized spacial score (nSPS) is 14.6. The first-order valence-corrected chi connectivity index (χ1v) is 9.88. The van der Waals surface area contributed by atoms with Gasteiger partial charge in [-0.3, -0.25) is 4.79 Å². The molecule has 2 aromatic carbocycles. The third-order valence-electron chi connectivity index (χ3n) is 4.55. The molecular weight excluding hydrogens is 451 g/mol. The molecule has 0 radical (unpaired) electrons. The minimum absolute atomic E-state index is 0.126. The number of anilines is 2. The molecule has 0 aromatic heterocycles. The molecule has 0 spiro atoms. The van der Waals surface area contributed by atoms with Crippen LogP contribution in [-0.2, 0) is 4.79 Å². The number of aryl methyl sites for hydroxylation is 1. The maximum absolute atomic E-state index is 12.5. The number of piperazine rings is 1. The second kappa shape index (κ2) is 8.91. The van der Waals surface area contributed by atoms with Crippen molar-refractivity contribution in [2.75, 3.05) is 36.4 Å². The summed E-state index contributed by atoms with van der Waals surface area (Å²) in [7, 11) is 0. The Hall–Kier alpha value is -2.53. The summed E-state index contributed by atoms with van der Waals surface area (Å²) in [6.45, 7) is 5.20. The minimum Gasteiger partial charge on any atom is -0.373 e. The summed E-state index contributed by atoms with van der Waals surface area (Å²) in [6, 6.07) is 18.1. The maximum Gasteiger partial charge on any atom is 0.267 e. The van der Waals surface area contributed by atoms with Gasteiger partial charge >= 0.3 is 0 Å². The Bertz CT molecular complexity index is 881. The van der Waals surface area contributed by atoms with Crippen LogP contribution in [0.25, 0.3) is 0 Å². The van der Waals surface area contributed by atoms with Crippen molar-refractivity contribution in [3.63, 3.8) is 0 Å². The van der Waals surface area contributed by atoms with Gasteiger partial charge in [0, 0.05) is 47.3 Å². The van der Waals surface area contributed by atoms with Crippen molar-refractivity contribution in [2.45, 2.75) is 6.92 Å². The third kappa shape index (κ3) is 5.01. The van der Waals surface area contributed by atoms with Crippen molar-refractivity contribution in [2.24, 2.45) is 0 Å². The summed E-state index contributed by atoms with van der Waals surface area (Å²) >= 11 is 2.23. The van der Waals surface area contributed by atoms with Crippen molar-refractivity contribution in [1.29, 1.82) is 5.26 Å². The molecule has 1 aliphatic rings. The Morgan fingerprint density at radius 3 is 2.48 bits per heavy atom. The number of nitrogens with one attached hydrogen (secondary N) is 1. The van der Waals surface area contributed by atoms with Gasteiger partial charge in [0.05, 0.1) is 0 Å². The highest BCUT2D eigenvalue weighted by Crippen LogP contribution is 2.19. The van der Waals surface area contributed by atoms with Crippen LogP contribution in [0.3, 0.4) is 0 Å². The number of halogens is 1. The molecule has 1 heterocycles. The van der Waals surface area contributed by atoms with Gasteiger partial charge in [-0.05, 0) is 65.4 Å². The van der Waals surface area contributed by atoms with Gasteiger partial charge in [-0.25, -0.2) is 0 Å². The molecule has 1 amide bonds. The van der Waals surface area contributed by atoms with E-state index in [1.807, 2.05) is 54.3 Å². The Kier molecular flexibility index (Phi) is 6.35. The number of amides is 1.